The van der Waals surface area contributed by atoms with Crippen LogP contribution in [0.2, 0.25) is 37.3 Å². The molecule has 318 valence electrons. The van der Waals surface area contributed by atoms with Crippen LogP contribution in [0.1, 0.15) is 113 Å². The Bertz CT molecular complexity index is 895. The molecular formula is C40H84N2O8Si4. The molecule has 2 aliphatic heterocycles. The van der Waals surface area contributed by atoms with Gasteiger partial charge in [-0.3, -0.25) is 0 Å². The van der Waals surface area contributed by atoms with Crippen LogP contribution >= 0.6 is 0 Å². The van der Waals surface area contributed by atoms with Crippen molar-refractivity contribution in [1.29, 1.82) is 0 Å². The van der Waals surface area contributed by atoms with Crippen LogP contribution in [0.25, 0.3) is 0 Å². The fourth-order valence-corrected chi connectivity index (χ4v) is 15.5. The van der Waals surface area contributed by atoms with Gasteiger partial charge >= 0.3 is 17.1 Å². The van der Waals surface area contributed by atoms with Crippen LogP contribution in [-0.4, -0.2) is 149 Å². The Morgan fingerprint density at radius 1 is 0.611 bits per heavy atom. The first-order valence-corrected chi connectivity index (χ1v) is 29.8. The maximum absolute atomic E-state index is 7.01. The minimum Gasteiger partial charge on any atom is -0.395 e. The predicted molar refractivity (Wildman–Crippen MR) is 229 cm³/mol. The van der Waals surface area contributed by atoms with Crippen molar-refractivity contribution in [3.8, 4) is 0 Å². The van der Waals surface area contributed by atoms with Gasteiger partial charge in [-0.2, -0.15) is 0 Å². The summed E-state index contributed by atoms with van der Waals surface area (Å²) in [7, 11) is -2.93. The van der Waals surface area contributed by atoms with Gasteiger partial charge in [-0.05, 0) is 137 Å². The van der Waals surface area contributed by atoms with Crippen molar-refractivity contribution in [3.05, 3.63) is 0 Å². The molecule has 0 amide bonds. The molecule has 0 bridgehead atoms. The summed E-state index contributed by atoms with van der Waals surface area (Å²) < 4.78 is 49.8. The van der Waals surface area contributed by atoms with E-state index >= 15 is 0 Å². The molecule has 2 saturated heterocycles. The van der Waals surface area contributed by atoms with Crippen molar-refractivity contribution in [1.82, 2.24) is 9.80 Å². The van der Waals surface area contributed by atoms with Gasteiger partial charge in [0.05, 0.1) is 12.2 Å². The van der Waals surface area contributed by atoms with E-state index in [0.29, 0.717) is 51.4 Å². The highest BCUT2D eigenvalue weighted by atomic mass is 28.4. The fourth-order valence-electron chi connectivity index (χ4n) is 7.87. The summed E-state index contributed by atoms with van der Waals surface area (Å²) in [6, 6.07) is 4.46. The molecule has 0 aromatic heterocycles. The molecule has 2 fully saturated rings. The molecule has 2 aliphatic rings. The summed E-state index contributed by atoms with van der Waals surface area (Å²) in [5, 5.41) is 0. The third kappa shape index (κ3) is 22.0. The summed E-state index contributed by atoms with van der Waals surface area (Å²) in [5.74, 6) is 0.429. The highest BCUT2D eigenvalue weighted by molar-refractivity contribution is 6.66. The average molecular weight is 833 g/mol. The molecule has 2 heterocycles. The predicted octanol–water partition coefficient (Wildman–Crippen LogP) is 8.10. The first-order chi connectivity index (χ1) is 26.1. The van der Waals surface area contributed by atoms with E-state index in [4.69, 9.17) is 36.7 Å². The lowest BCUT2D eigenvalue weighted by atomic mass is 9.96. The van der Waals surface area contributed by atoms with Crippen LogP contribution in [0.15, 0.2) is 0 Å². The molecule has 10 nitrogen and oxygen atoms in total. The van der Waals surface area contributed by atoms with Gasteiger partial charge in [-0.25, -0.2) is 0 Å². The lowest BCUT2D eigenvalue weighted by Gasteiger charge is -2.40. The van der Waals surface area contributed by atoms with E-state index in [9.17, 15) is 0 Å². The zero-order valence-corrected chi connectivity index (χ0v) is 40.4. The SMILES string of the molecule is CCOC(OCC)[Si]CCCN1CCC[Si](C)(OCC)OC(CCCCCCC(C)C2CN(CCC[Si]C(OCC)OCC)CCC[Si](C)(OCC)O2)C1. The van der Waals surface area contributed by atoms with Gasteiger partial charge in [0.25, 0.3) is 0 Å². The summed E-state index contributed by atoms with van der Waals surface area (Å²) in [6.45, 7) is 30.3. The molecule has 14 heteroatoms. The zero-order chi connectivity index (χ0) is 39.5. The molecule has 4 radical (unpaired) electrons. The lowest BCUT2D eigenvalue weighted by molar-refractivity contribution is -0.0830. The van der Waals surface area contributed by atoms with Crippen molar-refractivity contribution in [3.63, 3.8) is 0 Å². The van der Waals surface area contributed by atoms with Crippen LogP contribution < -0.4 is 0 Å². The van der Waals surface area contributed by atoms with E-state index < -0.39 is 17.1 Å². The molecule has 0 aliphatic carbocycles. The molecular weight excluding hydrogens is 749 g/mol. The Morgan fingerprint density at radius 2 is 1.09 bits per heavy atom. The smallest absolute Gasteiger partial charge is 0.335 e. The minimum atomic E-state index is -2.17. The second-order valence-electron chi connectivity index (χ2n) is 15.4. The van der Waals surface area contributed by atoms with Crippen molar-refractivity contribution < 1.29 is 36.7 Å². The zero-order valence-electron chi connectivity index (χ0n) is 36.4. The maximum atomic E-state index is 7.01. The van der Waals surface area contributed by atoms with Crippen LogP contribution in [-0.2, 0) is 36.7 Å². The Balaban J connectivity index is 1.86. The van der Waals surface area contributed by atoms with Crippen LogP contribution in [0, 0.1) is 5.92 Å². The highest BCUT2D eigenvalue weighted by Gasteiger charge is 2.38. The standard InChI is InChI=1S/C40H84N2O8Si4/c1-10-43-39(44-11-2)51-30-20-26-41-28-22-32-53(8,47-14-5)49-37(34-41)25-19-17-16-18-24-36(7)38-35-42(29-23-33-54(9,50-38)48-15-6)27-21-31-52-40(45-12-3)46-13-4/h36-40H,10-35H2,1-9H3. The Hall–Kier alpha value is 0.468. The second kappa shape index (κ2) is 30.5. The first kappa shape index (κ1) is 50.6. The quantitative estimate of drug-likeness (QED) is 0.0403. The third-order valence-corrected chi connectivity index (χ3v) is 19.2. The third-order valence-electron chi connectivity index (χ3n) is 10.6. The van der Waals surface area contributed by atoms with E-state index in [1.54, 1.807) is 0 Å². The molecule has 5 atom stereocenters. The number of hydrogen-bond acceptors (Lipinski definition) is 10. The topological polar surface area (TPSA) is 80.3 Å². The Labute approximate surface area is 340 Å². The molecule has 2 rings (SSSR count). The molecule has 5 unspecified atom stereocenters. The van der Waals surface area contributed by atoms with E-state index in [1.165, 1.54) is 44.9 Å². The van der Waals surface area contributed by atoms with Gasteiger partial charge < -0.3 is 46.5 Å². The van der Waals surface area contributed by atoms with Gasteiger partial charge in [-0.1, -0.05) is 44.7 Å². The molecule has 54 heavy (non-hydrogen) atoms. The molecule has 0 aromatic rings. The Kier molecular flexibility index (Phi) is 28.6. The van der Waals surface area contributed by atoms with Crippen LogP contribution in [0.4, 0.5) is 0 Å². The summed E-state index contributed by atoms with van der Waals surface area (Å²) in [4.78, 5) is 5.32. The largest absolute Gasteiger partial charge is 0.395 e. The van der Waals surface area contributed by atoms with Gasteiger partial charge in [0.15, 0.2) is 0 Å². The van der Waals surface area contributed by atoms with Crippen molar-refractivity contribution in [2.45, 2.75) is 174 Å². The number of ether oxygens (including phenoxy) is 4. The number of hydrogen-bond donors (Lipinski definition) is 0. The van der Waals surface area contributed by atoms with E-state index in [2.05, 4.69) is 43.7 Å². The second-order valence-corrected chi connectivity index (χ2v) is 24.8. The molecule has 0 N–H and O–H groups in total. The van der Waals surface area contributed by atoms with E-state index in [0.717, 1.165) is 95.9 Å². The monoisotopic (exact) mass is 833 g/mol. The van der Waals surface area contributed by atoms with Crippen molar-refractivity contribution in [2.75, 3.05) is 78.9 Å². The highest BCUT2D eigenvalue weighted by Crippen LogP contribution is 2.28. The lowest BCUT2D eigenvalue weighted by Crippen LogP contribution is -2.50. The van der Waals surface area contributed by atoms with Crippen molar-refractivity contribution in [2.24, 2.45) is 5.92 Å². The molecule has 0 spiro atoms. The normalized spacial score (nSPS) is 25.8. The van der Waals surface area contributed by atoms with Crippen LogP contribution in [0.5, 0.6) is 0 Å². The minimum absolute atomic E-state index is 0.0401. The molecule has 0 saturated carbocycles. The average Bonchev–Trinajstić information content (AvgIpc) is 3.11. The maximum Gasteiger partial charge on any atom is 0.335 e. The first-order valence-electron chi connectivity index (χ1n) is 22.1. The summed E-state index contributed by atoms with van der Waals surface area (Å²) >= 11 is 0. The van der Waals surface area contributed by atoms with Gasteiger partial charge in [-0.15, -0.1) is 0 Å². The van der Waals surface area contributed by atoms with Crippen LogP contribution in [0.3, 0.4) is 0 Å². The number of nitrogens with zero attached hydrogens (tertiary/aromatic N) is 2. The number of rotatable bonds is 30. The van der Waals surface area contributed by atoms with E-state index in [1.807, 2.05) is 27.7 Å². The van der Waals surface area contributed by atoms with Crippen molar-refractivity contribution >= 4 is 36.2 Å². The molecule has 0 aromatic carbocycles. The van der Waals surface area contributed by atoms with Gasteiger partial charge in [0, 0.05) is 52.7 Å². The van der Waals surface area contributed by atoms with Gasteiger partial charge in [0.1, 0.15) is 30.9 Å². The fraction of sp³-hybridized carbons (Fsp3) is 1.00. The summed E-state index contributed by atoms with van der Waals surface area (Å²) in [5.41, 5.74) is 0. The number of unbranched alkanes of at least 4 members (excludes halogenated alkanes) is 3. The summed E-state index contributed by atoms with van der Waals surface area (Å²) in [6.07, 6.45) is 12.5. The van der Waals surface area contributed by atoms with Gasteiger partial charge in [0.2, 0.25) is 0 Å². The Morgan fingerprint density at radius 3 is 1.59 bits per heavy atom. The van der Waals surface area contributed by atoms with E-state index in [-0.39, 0.29) is 24.0 Å².